The molecule has 158 valence electrons. The summed E-state index contributed by atoms with van der Waals surface area (Å²) in [6.07, 6.45) is 7.26. The van der Waals surface area contributed by atoms with Gasteiger partial charge in [-0.1, -0.05) is 18.2 Å². The lowest BCUT2D eigenvalue weighted by Crippen LogP contribution is -2.38. The van der Waals surface area contributed by atoms with Crippen LogP contribution in [0.1, 0.15) is 31.7 Å². The van der Waals surface area contributed by atoms with E-state index in [1.807, 2.05) is 29.1 Å². The predicted molar refractivity (Wildman–Crippen MR) is 115 cm³/mol. The molecule has 1 fully saturated rings. The Bertz CT molecular complexity index is 741. The quantitative estimate of drug-likeness (QED) is 0.399. The first-order valence-corrected chi connectivity index (χ1v) is 10.5. The molecule has 2 aromatic rings. The van der Waals surface area contributed by atoms with Crippen LogP contribution < -0.4 is 5.32 Å². The topological polar surface area (TPSA) is 63.9 Å². The van der Waals surface area contributed by atoms with Gasteiger partial charge in [0.1, 0.15) is 0 Å². The molecular formula is C22H33N5O2. The number of nitrogens with one attached hydrogen (secondary N) is 1. The Morgan fingerprint density at radius 2 is 2.10 bits per heavy atom. The Hall–Kier alpha value is -2.38. The van der Waals surface area contributed by atoms with Crippen molar-refractivity contribution in [3.8, 4) is 5.69 Å². The van der Waals surface area contributed by atoms with Crippen molar-refractivity contribution in [3.05, 3.63) is 48.3 Å². The van der Waals surface area contributed by atoms with Gasteiger partial charge < -0.3 is 19.7 Å². The molecule has 1 aliphatic rings. The number of guanidine groups is 1. The average molecular weight is 400 g/mol. The van der Waals surface area contributed by atoms with Crippen LogP contribution in [0.25, 0.3) is 5.69 Å². The number of aromatic nitrogens is 2. The van der Waals surface area contributed by atoms with E-state index in [1.54, 1.807) is 0 Å². The molecular weight excluding hydrogens is 366 g/mol. The average Bonchev–Trinajstić information content (AvgIpc) is 3.22. The fourth-order valence-electron chi connectivity index (χ4n) is 3.32. The number of hydrogen-bond acceptors (Lipinski definition) is 4. The number of ether oxygens (including phenoxy) is 2. The fourth-order valence-corrected chi connectivity index (χ4v) is 3.32. The molecule has 1 aliphatic heterocycles. The van der Waals surface area contributed by atoms with Crippen molar-refractivity contribution in [1.82, 2.24) is 20.0 Å². The highest BCUT2D eigenvalue weighted by atomic mass is 16.5. The van der Waals surface area contributed by atoms with E-state index < -0.39 is 0 Å². The van der Waals surface area contributed by atoms with Crippen molar-refractivity contribution in [3.63, 3.8) is 0 Å². The molecule has 3 rings (SSSR count). The molecule has 1 N–H and O–H groups in total. The van der Waals surface area contributed by atoms with Crippen LogP contribution >= 0.6 is 0 Å². The van der Waals surface area contributed by atoms with E-state index in [9.17, 15) is 0 Å². The van der Waals surface area contributed by atoms with Crippen LogP contribution in [0.15, 0.2) is 47.7 Å². The lowest BCUT2D eigenvalue weighted by molar-refractivity contribution is -0.0318. The van der Waals surface area contributed by atoms with Gasteiger partial charge in [-0.3, -0.25) is 4.99 Å². The minimum absolute atomic E-state index is 0.352. The molecule has 0 saturated carbocycles. The normalized spacial score (nSPS) is 15.4. The van der Waals surface area contributed by atoms with Crippen LogP contribution in [0, 0.1) is 0 Å². The Labute approximate surface area is 173 Å². The van der Waals surface area contributed by atoms with Crippen molar-refractivity contribution in [1.29, 1.82) is 0 Å². The highest BCUT2D eigenvalue weighted by molar-refractivity contribution is 5.79. The summed E-state index contributed by atoms with van der Waals surface area (Å²) in [7, 11) is 2.06. The SMILES string of the molecule is CCNC(=NCCCOC1CCOCC1)N(C)Cc1cnn(-c2ccccc2)c1. The highest BCUT2D eigenvalue weighted by Crippen LogP contribution is 2.11. The second-order valence-corrected chi connectivity index (χ2v) is 7.26. The van der Waals surface area contributed by atoms with Crippen molar-refractivity contribution in [2.24, 2.45) is 4.99 Å². The molecule has 1 aromatic heterocycles. The zero-order chi connectivity index (χ0) is 20.3. The maximum Gasteiger partial charge on any atom is 0.193 e. The summed E-state index contributed by atoms with van der Waals surface area (Å²) in [6, 6.07) is 10.1. The molecule has 0 aliphatic carbocycles. The maximum absolute atomic E-state index is 5.93. The van der Waals surface area contributed by atoms with Gasteiger partial charge in [-0.15, -0.1) is 0 Å². The minimum Gasteiger partial charge on any atom is -0.381 e. The van der Waals surface area contributed by atoms with Crippen molar-refractivity contribution in [2.45, 2.75) is 38.8 Å². The number of hydrogen-bond donors (Lipinski definition) is 1. The second-order valence-electron chi connectivity index (χ2n) is 7.26. The minimum atomic E-state index is 0.352. The van der Waals surface area contributed by atoms with Gasteiger partial charge in [-0.25, -0.2) is 4.68 Å². The molecule has 0 radical (unpaired) electrons. The monoisotopic (exact) mass is 399 g/mol. The highest BCUT2D eigenvalue weighted by Gasteiger charge is 2.13. The molecule has 0 atom stereocenters. The third-order valence-electron chi connectivity index (χ3n) is 4.86. The molecule has 0 amide bonds. The molecule has 0 unspecified atom stereocenters. The molecule has 29 heavy (non-hydrogen) atoms. The zero-order valence-electron chi connectivity index (χ0n) is 17.6. The van der Waals surface area contributed by atoms with Gasteiger partial charge in [0.25, 0.3) is 0 Å². The van der Waals surface area contributed by atoms with Crippen LogP contribution in [-0.4, -0.2) is 66.7 Å². The van der Waals surface area contributed by atoms with E-state index in [2.05, 4.69) is 47.6 Å². The fraction of sp³-hybridized carbons (Fsp3) is 0.545. The van der Waals surface area contributed by atoms with Gasteiger partial charge in [0.2, 0.25) is 0 Å². The number of para-hydroxylation sites is 1. The number of aliphatic imine (C=N–C) groups is 1. The van der Waals surface area contributed by atoms with Crippen LogP contribution in [0.2, 0.25) is 0 Å². The Kier molecular flexibility index (Phi) is 8.52. The van der Waals surface area contributed by atoms with Gasteiger partial charge >= 0.3 is 0 Å². The summed E-state index contributed by atoms with van der Waals surface area (Å²) >= 11 is 0. The van der Waals surface area contributed by atoms with E-state index in [4.69, 9.17) is 14.5 Å². The van der Waals surface area contributed by atoms with Gasteiger partial charge in [-0.2, -0.15) is 5.10 Å². The van der Waals surface area contributed by atoms with Crippen molar-refractivity contribution in [2.75, 3.05) is 40.0 Å². The lowest BCUT2D eigenvalue weighted by Gasteiger charge is -2.23. The van der Waals surface area contributed by atoms with E-state index in [0.29, 0.717) is 6.10 Å². The van der Waals surface area contributed by atoms with Gasteiger partial charge in [-0.05, 0) is 38.3 Å². The molecule has 2 heterocycles. The van der Waals surface area contributed by atoms with Crippen LogP contribution in [-0.2, 0) is 16.0 Å². The van der Waals surface area contributed by atoms with Crippen LogP contribution in [0.5, 0.6) is 0 Å². The third kappa shape index (κ3) is 6.87. The maximum atomic E-state index is 5.93. The summed E-state index contributed by atoms with van der Waals surface area (Å²) in [5.74, 6) is 0.908. The summed E-state index contributed by atoms with van der Waals surface area (Å²) in [6.45, 7) is 6.81. The van der Waals surface area contributed by atoms with E-state index in [0.717, 1.165) is 75.9 Å². The van der Waals surface area contributed by atoms with Gasteiger partial charge in [0.15, 0.2) is 5.96 Å². The first kappa shape index (κ1) is 21.3. The summed E-state index contributed by atoms with van der Waals surface area (Å²) < 4.78 is 13.2. The molecule has 7 nitrogen and oxygen atoms in total. The number of rotatable bonds is 9. The summed E-state index contributed by atoms with van der Waals surface area (Å²) in [5.41, 5.74) is 2.20. The molecule has 7 heteroatoms. The van der Waals surface area contributed by atoms with Crippen molar-refractivity contribution < 1.29 is 9.47 Å². The first-order valence-electron chi connectivity index (χ1n) is 10.5. The van der Waals surface area contributed by atoms with E-state index in [1.165, 1.54) is 0 Å². The lowest BCUT2D eigenvalue weighted by atomic mass is 10.1. The summed E-state index contributed by atoms with van der Waals surface area (Å²) in [4.78, 5) is 6.89. The van der Waals surface area contributed by atoms with E-state index >= 15 is 0 Å². The van der Waals surface area contributed by atoms with Crippen molar-refractivity contribution >= 4 is 5.96 Å². The van der Waals surface area contributed by atoms with Crippen LogP contribution in [0.4, 0.5) is 0 Å². The first-order chi connectivity index (χ1) is 14.3. The van der Waals surface area contributed by atoms with Gasteiger partial charge in [0.05, 0.1) is 18.0 Å². The predicted octanol–water partition coefficient (Wildman–Crippen LogP) is 2.86. The number of nitrogens with zero attached hydrogens (tertiary/aromatic N) is 4. The Morgan fingerprint density at radius 3 is 2.86 bits per heavy atom. The molecule has 0 bridgehead atoms. The number of benzene rings is 1. The van der Waals surface area contributed by atoms with E-state index in [-0.39, 0.29) is 0 Å². The standard InChI is InChI=1S/C22H33N5O2/c1-3-23-22(24-12-7-13-29-21-10-14-28-15-11-21)26(2)17-19-16-25-27(18-19)20-8-5-4-6-9-20/h4-6,8-9,16,18,21H,3,7,10-15,17H2,1-2H3,(H,23,24). The van der Waals surface area contributed by atoms with Gasteiger partial charge in [0, 0.05) is 58.3 Å². The molecule has 0 spiro atoms. The largest absolute Gasteiger partial charge is 0.381 e. The molecule has 1 saturated heterocycles. The smallest absolute Gasteiger partial charge is 0.193 e. The third-order valence-corrected chi connectivity index (χ3v) is 4.86. The summed E-state index contributed by atoms with van der Waals surface area (Å²) in [5, 5.41) is 7.85. The Morgan fingerprint density at radius 1 is 1.31 bits per heavy atom. The Balaban J connectivity index is 1.47. The second kappa shape index (κ2) is 11.6. The zero-order valence-corrected chi connectivity index (χ0v) is 17.6. The molecule has 1 aromatic carbocycles. The van der Waals surface area contributed by atoms with Crippen LogP contribution in [0.3, 0.4) is 0 Å².